The number of aliphatic carboxylic acids is 1. The van der Waals surface area contributed by atoms with E-state index in [0.29, 0.717) is 6.54 Å². The van der Waals surface area contributed by atoms with Gasteiger partial charge in [0.1, 0.15) is 5.82 Å². The van der Waals surface area contributed by atoms with Gasteiger partial charge in [0.2, 0.25) is 5.91 Å². The zero-order valence-electron chi connectivity index (χ0n) is 11.2. The maximum Gasteiger partial charge on any atom is 0.306 e. The van der Waals surface area contributed by atoms with Crippen LogP contribution in [0.4, 0.5) is 4.39 Å². The first-order valence-corrected chi connectivity index (χ1v) is 6.89. The van der Waals surface area contributed by atoms with Crippen LogP contribution in [0.1, 0.15) is 12.0 Å². The smallest absolute Gasteiger partial charge is 0.306 e. The Morgan fingerprint density at radius 3 is 2.90 bits per heavy atom. The quantitative estimate of drug-likeness (QED) is 0.919. The first-order valence-electron chi connectivity index (χ1n) is 6.51. The van der Waals surface area contributed by atoms with Gasteiger partial charge in [-0.3, -0.25) is 9.59 Å². The van der Waals surface area contributed by atoms with E-state index in [-0.39, 0.29) is 42.5 Å². The summed E-state index contributed by atoms with van der Waals surface area (Å²) in [7, 11) is 0. The molecule has 21 heavy (non-hydrogen) atoms. The Morgan fingerprint density at radius 2 is 2.24 bits per heavy atom. The van der Waals surface area contributed by atoms with Gasteiger partial charge in [-0.15, -0.1) is 0 Å². The lowest BCUT2D eigenvalue weighted by Gasteiger charge is -2.32. The number of nitrogens with zero attached hydrogens (tertiary/aromatic N) is 1. The Bertz CT molecular complexity index is 532. The maximum atomic E-state index is 13.7. The number of carbonyl (C=O) groups is 2. The monoisotopic (exact) mass is 315 g/mol. The predicted molar refractivity (Wildman–Crippen MR) is 73.7 cm³/mol. The number of carboxylic acids is 1. The lowest BCUT2D eigenvalue weighted by Crippen LogP contribution is -2.46. The number of ether oxygens (including phenoxy) is 1. The summed E-state index contributed by atoms with van der Waals surface area (Å²) >= 11 is 5.90. The Hall–Kier alpha value is -1.66. The third kappa shape index (κ3) is 4.15. The molecule has 1 heterocycles. The average Bonchev–Trinajstić information content (AvgIpc) is 2.42. The fourth-order valence-corrected chi connectivity index (χ4v) is 2.46. The molecule has 0 radical (unpaired) electrons. The van der Waals surface area contributed by atoms with Crippen LogP contribution in [0.5, 0.6) is 0 Å². The number of carboxylic acid groups (broad SMARTS) is 1. The van der Waals surface area contributed by atoms with Crippen LogP contribution in [-0.4, -0.2) is 47.7 Å². The molecule has 114 valence electrons. The minimum absolute atomic E-state index is 0.148. The lowest BCUT2D eigenvalue weighted by molar-refractivity contribution is -0.147. The van der Waals surface area contributed by atoms with Gasteiger partial charge in [0.15, 0.2) is 0 Å². The Morgan fingerprint density at radius 1 is 1.48 bits per heavy atom. The van der Waals surface area contributed by atoms with Crippen molar-refractivity contribution in [3.63, 3.8) is 0 Å². The van der Waals surface area contributed by atoms with Crippen LogP contribution in [0, 0.1) is 5.82 Å². The molecule has 5 nitrogen and oxygen atoms in total. The fraction of sp³-hybridized carbons (Fsp3) is 0.429. The lowest BCUT2D eigenvalue weighted by atomic mass is 10.1. The van der Waals surface area contributed by atoms with Crippen molar-refractivity contribution in [1.82, 2.24) is 4.90 Å². The molecule has 1 aliphatic rings. The molecule has 2 rings (SSSR count). The van der Waals surface area contributed by atoms with E-state index in [4.69, 9.17) is 21.4 Å². The predicted octanol–water partition coefficient (Wildman–Crippen LogP) is 1.72. The number of hydrogen-bond donors (Lipinski definition) is 1. The van der Waals surface area contributed by atoms with Crippen LogP contribution in [0.25, 0.3) is 0 Å². The van der Waals surface area contributed by atoms with E-state index in [1.165, 1.54) is 23.1 Å². The van der Waals surface area contributed by atoms with Crippen molar-refractivity contribution in [2.75, 3.05) is 19.7 Å². The zero-order valence-corrected chi connectivity index (χ0v) is 12.0. The van der Waals surface area contributed by atoms with Gasteiger partial charge in [0, 0.05) is 23.7 Å². The molecule has 0 spiro atoms. The van der Waals surface area contributed by atoms with Gasteiger partial charge in [-0.1, -0.05) is 17.7 Å². The standard InChI is InChI=1S/C14H15ClFNO4/c15-11-2-1-3-12(16)10(11)7-13(18)17-4-5-21-9(8-17)6-14(19)20/h1-3,9H,4-8H2,(H,19,20)/t9-/m1/s1. The molecule has 1 aromatic carbocycles. The van der Waals surface area contributed by atoms with Crippen LogP contribution in [0.15, 0.2) is 18.2 Å². The minimum Gasteiger partial charge on any atom is -0.481 e. The second-order valence-corrected chi connectivity index (χ2v) is 5.21. The topological polar surface area (TPSA) is 66.8 Å². The summed E-state index contributed by atoms with van der Waals surface area (Å²) in [6.07, 6.45) is -0.841. The zero-order chi connectivity index (χ0) is 15.4. The van der Waals surface area contributed by atoms with Crippen LogP contribution in [0.3, 0.4) is 0 Å². The molecule has 1 atom stereocenters. The van der Waals surface area contributed by atoms with E-state index in [2.05, 4.69) is 0 Å². The highest BCUT2D eigenvalue weighted by molar-refractivity contribution is 6.31. The number of morpholine rings is 1. The normalized spacial score (nSPS) is 18.6. The summed E-state index contributed by atoms with van der Waals surface area (Å²) in [5, 5.41) is 8.96. The van der Waals surface area contributed by atoms with Gasteiger partial charge in [-0.25, -0.2) is 4.39 Å². The fourth-order valence-electron chi connectivity index (χ4n) is 2.23. The Balaban J connectivity index is 2.01. The summed E-state index contributed by atoms with van der Waals surface area (Å²) < 4.78 is 19.0. The van der Waals surface area contributed by atoms with Crippen molar-refractivity contribution < 1.29 is 23.8 Å². The molecule has 1 aromatic rings. The number of benzene rings is 1. The second kappa shape index (κ2) is 6.87. The third-order valence-corrected chi connectivity index (χ3v) is 3.64. The number of amides is 1. The van der Waals surface area contributed by atoms with Gasteiger partial charge < -0.3 is 14.7 Å². The molecule has 7 heteroatoms. The summed E-state index contributed by atoms with van der Waals surface area (Å²) in [6.45, 7) is 0.826. The molecule has 1 amide bonds. The van der Waals surface area contributed by atoms with E-state index in [0.717, 1.165) is 0 Å². The van der Waals surface area contributed by atoms with Crippen molar-refractivity contribution in [2.45, 2.75) is 18.9 Å². The van der Waals surface area contributed by atoms with Crippen LogP contribution in [0.2, 0.25) is 5.02 Å². The van der Waals surface area contributed by atoms with Crippen molar-refractivity contribution in [3.8, 4) is 0 Å². The molecule has 1 saturated heterocycles. The highest BCUT2D eigenvalue weighted by atomic mass is 35.5. The molecular formula is C14H15ClFNO4. The van der Waals surface area contributed by atoms with Gasteiger partial charge >= 0.3 is 5.97 Å². The SMILES string of the molecule is O=C(O)C[C@@H]1CN(C(=O)Cc2c(F)cccc2Cl)CCO1. The van der Waals surface area contributed by atoms with Gasteiger partial charge in [0.05, 0.1) is 25.6 Å². The van der Waals surface area contributed by atoms with E-state index in [1.807, 2.05) is 0 Å². The van der Waals surface area contributed by atoms with Crippen molar-refractivity contribution >= 4 is 23.5 Å². The third-order valence-electron chi connectivity index (χ3n) is 3.28. The molecule has 0 bridgehead atoms. The number of halogens is 2. The highest BCUT2D eigenvalue weighted by Crippen LogP contribution is 2.21. The molecular weight excluding hydrogens is 301 g/mol. The molecule has 1 N–H and O–H groups in total. The highest BCUT2D eigenvalue weighted by Gasteiger charge is 2.26. The summed E-state index contributed by atoms with van der Waals surface area (Å²) in [5.74, 6) is -1.79. The van der Waals surface area contributed by atoms with E-state index in [1.54, 1.807) is 0 Å². The molecule has 1 fully saturated rings. The summed E-state index contributed by atoms with van der Waals surface area (Å²) in [5.41, 5.74) is 0.158. The van der Waals surface area contributed by atoms with Crippen molar-refractivity contribution in [2.24, 2.45) is 0 Å². The number of carbonyl (C=O) groups excluding carboxylic acids is 1. The van der Waals surface area contributed by atoms with E-state index in [9.17, 15) is 14.0 Å². The summed E-state index contributed by atoms with van der Waals surface area (Å²) in [6, 6.07) is 4.25. The number of hydrogen-bond acceptors (Lipinski definition) is 3. The van der Waals surface area contributed by atoms with Crippen LogP contribution < -0.4 is 0 Å². The Labute approximate surface area is 126 Å². The molecule has 0 aliphatic carbocycles. The van der Waals surface area contributed by atoms with Gasteiger partial charge in [-0.05, 0) is 12.1 Å². The first-order chi connectivity index (χ1) is 9.97. The number of rotatable bonds is 4. The second-order valence-electron chi connectivity index (χ2n) is 4.81. The maximum absolute atomic E-state index is 13.7. The van der Waals surface area contributed by atoms with Crippen LogP contribution >= 0.6 is 11.6 Å². The van der Waals surface area contributed by atoms with Crippen molar-refractivity contribution in [1.29, 1.82) is 0 Å². The largest absolute Gasteiger partial charge is 0.481 e. The van der Waals surface area contributed by atoms with E-state index < -0.39 is 17.9 Å². The molecule has 1 aliphatic heterocycles. The van der Waals surface area contributed by atoms with E-state index >= 15 is 0 Å². The first kappa shape index (κ1) is 15.7. The van der Waals surface area contributed by atoms with Crippen LogP contribution in [-0.2, 0) is 20.7 Å². The molecule has 0 saturated carbocycles. The molecule has 0 aromatic heterocycles. The summed E-state index contributed by atoms with van der Waals surface area (Å²) in [4.78, 5) is 24.4. The Kier molecular flexibility index (Phi) is 5.14. The van der Waals surface area contributed by atoms with Gasteiger partial charge in [-0.2, -0.15) is 0 Å². The van der Waals surface area contributed by atoms with Crippen molar-refractivity contribution in [3.05, 3.63) is 34.6 Å². The molecule has 0 unspecified atom stereocenters. The average molecular weight is 316 g/mol. The minimum atomic E-state index is -0.980. The van der Waals surface area contributed by atoms with Gasteiger partial charge in [0.25, 0.3) is 0 Å².